The van der Waals surface area contributed by atoms with Crippen molar-refractivity contribution in [3.05, 3.63) is 82.3 Å². The van der Waals surface area contributed by atoms with Gasteiger partial charge in [-0.3, -0.25) is 4.79 Å². The molecule has 0 aromatic carbocycles. The first-order valence-electron chi connectivity index (χ1n) is 14.7. The number of esters is 1. The Morgan fingerprint density at radius 2 is 2.05 bits per heavy atom. The zero-order valence-corrected chi connectivity index (χ0v) is 24.7. The molecule has 5 aromatic rings. The van der Waals surface area contributed by atoms with Crippen molar-refractivity contribution in [2.45, 2.75) is 63.6 Å². The minimum atomic E-state index is -0.600. The van der Waals surface area contributed by atoms with Crippen molar-refractivity contribution in [1.82, 2.24) is 39.1 Å². The van der Waals surface area contributed by atoms with E-state index in [0.717, 1.165) is 36.2 Å². The van der Waals surface area contributed by atoms with E-state index in [2.05, 4.69) is 37.3 Å². The van der Waals surface area contributed by atoms with Crippen molar-refractivity contribution in [3.8, 4) is 0 Å². The first kappa shape index (κ1) is 28.4. The minimum absolute atomic E-state index is 0.0127. The Morgan fingerprint density at radius 3 is 2.86 bits per heavy atom. The molecule has 6 heterocycles. The summed E-state index contributed by atoms with van der Waals surface area (Å²) in [5.41, 5.74) is 4.60. The molecule has 1 amide bonds. The number of rotatable bonds is 9. The van der Waals surface area contributed by atoms with Gasteiger partial charge >= 0.3 is 5.97 Å². The van der Waals surface area contributed by atoms with E-state index in [1.54, 1.807) is 24.0 Å². The van der Waals surface area contributed by atoms with E-state index in [9.17, 15) is 14.0 Å². The Bertz CT molecular complexity index is 1880. The third-order valence-corrected chi connectivity index (χ3v) is 8.44. The standard InChI is InChI=1S/C30H30ClFN8O4/c1-2-43-30(42)25-10-18(6-8-44-25)21-9-19(17-3-4-17)12-39-13-20(35-28(21)39)14-40-15-24(36-37-40)29(41)33-11-23-27-26(32)22(31)5-7-38(27)16-34-23/h5,7,9,12-13,15-18,25H,2-4,6,8,10-11,14H2,1H3,(H,33,41). The highest BCUT2D eigenvalue weighted by Crippen LogP contribution is 2.42. The van der Waals surface area contributed by atoms with E-state index in [0.29, 0.717) is 37.8 Å². The lowest BCUT2D eigenvalue weighted by atomic mass is 9.88. The van der Waals surface area contributed by atoms with Crippen LogP contribution in [0.2, 0.25) is 5.02 Å². The second kappa shape index (κ2) is 11.6. The van der Waals surface area contributed by atoms with Gasteiger partial charge in [0.25, 0.3) is 5.91 Å². The molecule has 2 unspecified atom stereocenters. The molecule has 14 heteroatoms. The van der Waals surface area contributed by atoms with Gasteiger partial charge in [-0.05, 0) is 61.6 Å². The molecule has 0 spiro atoms. The molecule has 7 rings (SSSR count). The topological polar surface area (TPSA) is 130 Å². The van der Waals surface area contributed by atoms with Crippen LogP contribution in [-0.4, -0.2) is 65.0 Å². The molecular weight excluding hydrogens is 591 g/mol. The van der Waals surface area contributed by atoms with E-state index in [4.69, 9.17) is 26.1 Å². The highest BCUT2D eigenvalue weighted by molar-refractivity contribution is 6.31. The fourth-order valence-corrected chi connectivity index (χ4v) is 5.95. The molecule has 228 valence electrons. The van der Waals surface area contributed by atoms with Gasteiger partial charge in [0, 0.05) is 25.2 Å². The lowest BCUT2D eigenvalue weighted by molar-refractivity contribution is -0.160. The molecular formula is C30H30ClFN8O4. The van der Waals surface area contributed by atoms with Crippen molar-refractivity contribution in [2.24, 2.45) is 0 Å². The van der Waals surface area contributed by atoms with Crippen LogP contribution in [-0.2, 0) is 27.4 Å². The van der Waals surface area contributed by atoms with Gasteiger partial charge in [0.1, 0.15) is 11.2 Å². The quantitative estimate of drug-likeness (QED) is 0.244. The van der Waals surface area contributed by atoms with Crippen LogP contribution in [0.4, 0.5) is 4.39 Å². The van der Waals surface area contributed by atoms with Gasteiger partial charge in [-0.2, -0.15) is 0 Å². The maximum atomic E-state index is 14.5. The number of amides is 1. The number of nitrogens with one attached hydrogen (secondary N) is 1. The van der Waals surface area contributed by atoms with E-state index in [1.165, 1.54) is 22.4 Å². The van der Waals surface area contributed by atoms with E-state index in [-0.39, 0.29) is 34.7 Å². The van der Waals surface area contributed by atoms with E-state index < -0.39 is 17.8 Å². The first-order chi connectivity index (χ1) is 21.4. The number of fused-ring (bicyclic) bond motifs is 2. The number of imidazole rings is 2. The molecule has 1 aliphatic heterocycles. The maximum Gasteiger partial charge on any atom is 0.335 e. The summed E-state index contributed by atoms with van der Waals surface area (Å²) < 4.78 is 30.6. The highest BCUT2D eigenvalue weighted by atomic mass is 35.5. The van der Waals surface area contributed by atoms with Gasteiger partial charge in [-0.1, -0.05) is 22.9 Å². The Kier molecular flexibility index (Phi) is 7.50. The van der Waals surface area contributed by atoms with Gasteiger partial charge in [0.05, 0.1) is 48.6 Å². The monoisotopic (exact) mass is 620 g/mol. The second-order valence-corrected chi connectivity index (χ2v) is 11.6. The van der Waals surface area contributed by atoms with Gasteiger partial charge in [0.15, 0.2) is 17.6 Å². The predicted octanol–water partition coefficient (Wildman–Crippen LogP) is 4.05. The van der Waals surface area contributed by atoms with E-state index >= 15 is 0 Å². The van der Waals surface area contributed by atoms with Crippen LogP contribution < -0.4 is 5.32 Å². The zero-order valence-electron chi connectivity index (χ0n) is 23.9. The summed E-state index contributed by atoms with van der Waals surface area (Å²) in [7, 11) is 0. The van der Waals surface area contributed by atoms with Crippen LogP contribution >= 0.6 is 11.6 Å². The fourth-order valence-electron chi connectivity index (χ4n) is 5.81. The number of hydrogen-bond acceptors (Lipinski definition) is 8. The smallest absolute Gasteiger partial charge is 0.335 e. The number of carbonyl (C=O) groups excluding carboxylic acids is 2. The summed E-state index contributed by atoms with van der Waals surface area (Å²) in [5, 5.41) is 10.9. The number of carbonyl (C=O) groups is 2. The average molecular weight is 621 g/mol. The fraction of sp³-hybridized carbons (Fsp3) is 0.400. The van der Waals surface area contributed by atoms with Crippen molar-refractivity contribution >= 4 is 34.6 Å². The first-order valence-corrected chi connectivity index (χ1v) is 15.0. The molecule has 1 saturated heterocycles. The van der Waals surface area contributed by atoms with Crippen molar-refractivity contribution in [2.75, 3.05) is 13.2 Å². The van der Waals surface area contributed by atoms with Gasteiger partial charge in [-0.15, -0.1) is 5.10 Å². The number of aromatic nitrogens is 7. The molecule has 0 bridgehead atoms. The van der Waals surface area contributed by atoms with Crippen LogP contribution in [0.5, 0.6) is 0 Å². The van der Waals surface area contributed by atoms with Crippen LogP contribution in [0.25, 0.3) is 11.2 Å². The molecule has 2 fully saturated rings. The summed E-state index contributed by atoms with van der Waals surface area (Å²) >= 11 is 5.92. The third kappa shape index (κ3) is 5.52. The number of halogens is 2. The Morgan fingerprint density at radius 1 is 1.18 bits per heavy atom. The molecule has 1 N–H and O–H groups in total. The Labute approximate surface area is 256 Å². The van der Waals surface area contributed by atoms with Gasteiger partial charge in [0.2, 0.25) is 0 Å². The second-order valence-electron chi connectivity index (χ2n) is 11.2. The summed E-state index contributed by atoms with van der Waals surface area (Å²) in [6.07, 6.45) is 11.8. The lowest BCUT2D eigenvalue weighted by Crippen LogP contribution is -2.33. The predicted molar refractivity (Wildman–Crippen MR) is 156 cm³/mol. The number of nitrogens with zero attached hydrogens (tertiary/aromatic N) is 7. The summed E-state index contributed by atoms with van der Waals surface area (Å²) in [6, 6.07) is 3.68. The molecule has 0 radical (unpaired) electrons. The number of hydrogen-bond donors (Lipinski definition) is 1. The average Bonchev–Trinajstić information content (AvgIpc) is 3.42. The normalized spacial score (nSPS) is 18.6. The SMILES string of the molecule is CCOC(=O)C1CC(c2cc(C3CC3)cn3cc(Cn4cc(C(=O)NCc5ncn6ccc(Cl)c(F)c56)nn4)nc23)CCO1. The molecule has 44 heavy (non-hydrogen) atoms. The van der Waals surface area contributed by atoms with Gasteiger partial charge in [-0.25, -0.2) is 23.8 Å². The van der Waals surface area contributed by atoms with Crippen molar-refractivity contribution in [3.63, 3.8) is 0 Å². The van der Waals surface area contributed by atoms with E-state index in [1.807, 2.05) is 6.20 Å². The largest absolute Gasteiger partial charge is 0.464 e. The van der Waals surface area contributed by atoms with Crippen LogP contribution in [0, 0.1) is 5.82 Å². The summed E-state index contributed by atoms with van der Waals surface area (Å²) in [4.78, 5) is 34.4. The Balaban J connectivity index is 1.08. The third-order valence-electron chi connectivity index (χ3n) is 8.15. The van der Waals surface area contributed by atoms with Crippen LogP contribution in [0.15, 0.2) is 43.2 Å². The van der Waals surface area contributed by atoms with Crippen LogP contribution in [0.1, 0.15) is 77.4 Å². The van der Waals surface area contributed by atoms with Crippen molar-refractivity contribution < 1.29 is 23.5 Å². The molecule has 1 saturated carbocycles. The highest BCUT2D eigenvalue weighted by Gasteiger charge is 2.33. The molecule has 2 aliphatic rings. The molecule has 2 atom stereocenters. The van der Waals surface area contributed by atoms with Crippen LogP contribution in [0.3, 0.4) is 0 Å². The maximum absolute atomic E-state index is 14.5. The molecule has 5 aromatic heterocycles. The Hall–Kier alpha value is -4.36. The number of pyridine rings is 2. The minimum Gasteiger partial charge on any atom is -0.464 e. The molecule has 1 aliphatic carbocycles. The molecule has 12 nitrogen and oxygen atoms in total. The summed E-state index contributed by atoms with van der Waals surface area (Å²) in [6.45, 7) is 2.87. The number of ether oxygens (including phenoxy) is 2. The van der Waals surface area contributed by atoms with Crippen molar-refractivity contribution in [1.29, 1.82) is 0 Å². The summed E-state index contributed by atoms with van der Waals surface area (Å²) in [5.74, 6) is -0.751. The lowest BCUT2D eigenvalue weighted by Gasteiger charge is -2.29. The zero-order chi connectivity index (χ0) is 30.4. The van der Waals surface area contributed by atoms with Gasteiger partial charge < -0.3 is 23.6 Å².